The van der Waals surface area contributed by atoms with Crippen LogP contribution in [0, 0.1) is 18.2 Å². The van der Waals surface area contributed by atoms with Crippen LogP contribution in [0.4, 0.5) is 4.39 Å². The zero-order valence-corrected chi connectivity index (χ0v) is 7.48. The van der Waals surface area contributed by atoms with Gasteiger partial charge in [0, 0.05) is 10.6 Å². The number of hydrogen-bond donors (Lipinski definition) is 2. The van der Waals surface area contributed by atoms with E-state index in [1.54, 1.807) is 0 Å². The van der Waals surface area contributed by atoms with Crippen LogP contribution in [0.5, 0.6) is 0 Å². The van der Waals surface area contributed by atoms with Crippen molar-refractivity contribution in [3.63, 3.8) is 0 Å². The van der Waals surface area contributed by atoms with Crippen LogP contribution in [-0.2, 0) is 0 Å². The highest BCUT2D eigenvalue weighted by Crippen LogP contribution is 2.20. The molecular formula is C9H8ClFN2. The molecule has 1 aromatic rings. The predicted octanol–water partition coefficient (Wildman–Crippen LogP) is 1.62. The van der Waals surface area contributed by atoms with E-state index in [0.717, 1.165) is 0 Å². The Hall–Kier alpha value is -1.08. The summed E-state index contributed by atoms with van der Waals surface area (Å²) in [6.45, 7) is 0. The lowest BCUT2D eigenvalue weighted by atomic mass is 10.1. The van der Waals surface area contributed by atoms with E-state index < -0.39 is 11.9 Å². The maximum Gasteiger partial charge on any atom is 0.129 e. The lowest BCUT2D eigenvalue weighted by molar-refractivity contribution is 0.575. The molecule has 13 heavy (non-hydrogen) atoms. The normalized spacial score (nSPS) is 12.2. The topological polar surface area (TPSA) is 38.0 Å². The number of nitrogens with two attached hydrogens (primary N) is 1. The average Bonchev–Trinajstić information content (AvgIpc) is 2.13. The Bertz CT molecular complexity index is 346. The molecule has 2 nitrogen and oxygen atoms in total. The molecule has 1 atom stereocenters. The molecule has 1 unspecified atom stereocenters. The number of benzene rings is 1. The zero-order chi connectivity index (χ0) is 9.84. The van der Waals surface area contributed by atoms with Crippen molar-refractivity contribution in [1.82, 2.24) is 5.43 Å². The van der Waals surface area contributed by atoms with Crippen LogP contribution in [0.3, 0.4) is 0 Å². The molecule has 0 spiro atoms. The second kappa shape index (κ2) is 4.24. The van der Waals surface area contributed by atoms with E-state index in [4.69, 9.17) is 23.9 Å². The number of halogens is 2. The van der Waals surface area contributed by atoms with Crippen molar-refractivity contribution in [3.05, 3.63) is 34.6 Å². The summed E-state index contributed by atoms with van der Waals surface area (Å²) < 4.78 is 13.1. The van der Waals surface area contributed by atoms with Gasteiger partial charge in [-0.15, -0.1) is 6.42 Å². The Kier molecular flexibility index (Phi) is 3.26. The summed E-state index contributed by atoms with van der Waals surface area (Å²) >= 11 is 5.67. The number of rotatable bonds is 2. The van der Waals surface area contributed by atoms with Gasteiger partial charge in [0.15, 0.2) is 0 Å². The largest absolute Gasteiger partial charge is 0.270 e. The Morgan fingerprint density at radius 1 is 1.62 bits per heavy atom. The van der Waals surface area contributed by atoms with Crippen LogP contribution in [0.15, 0.2) is 18.2 Å². The summed E-state index contributed by atoms with van der Waals surface area (Å²) in [5, 5.41) is 0.423. The molecule has 0 bridgehead atoms. The SMILES string of the molecule is C#CC(NN)c1cc(Cl)ccc1F. The predicted molar refractivity (Wildman–Crippen MR) is 50.3 cm³/mol. The van der Waals surface area contributed by atoms with Gasteiger partial charge < -0.3 is 0 Å². The van der Waals surface area contributed by atoms with Gasteiger partial charge in [-0.25, -0.2) is 9.82 Å². The van der Waals surface area contributed by atoms with E-state index in [2.05, 4.69) is 11.3 Å². The van der Waals surface area contributed by atoms with Crippen LogP contribution in [-0.4, -0.2) is 0 Å². The first-order valence-electron chi connectivity index (χ1n) is 3.56. The van der Waals surface area contributed by atoms with E-state index in [1.165, 1.54) is 18.2 Å². The molecule has 1 rings (SSSR count). The quantitative estimate of drug-likeness (QED) is 0.431. The van der Waals surface area contributed by atoms with E-state index in [-0.39, 0.29) is 5.56 Å². The maximum atomic E-state index is 13.1. The van der Waals surface area contributed by atoms with Gasteiger partial charge in [0.2, 0.25) is 0 Å². The van der Waals surface area contributed by atoms with E-state index in [9.17, 15) is 4.39 Å². The molecule has 0 saturated carbocycles. The zero-order valence-electron chi connectivity index (χ0n) is 6.72. The Morgan fingerprint density at radius 3 is 2.85 bits per heavy atom. The highest BCUT2D eigenvalue weighted by Gasteiger charge is 2.11. The van der Waals surface area contributed by atoms with Crippen LogP contribution in [0.2, 0.25) is 5.02 Å². The molecule has 0 aromatic heterocycles. The second-order valence-corrected chi connectivity index (χ2v) is 2.87. The number of nitrogens with one attached hydrogen (secondary N) is 1. The third-order valence-corrected chi connectivity index (χ3v) is 1.84. The molecule has 0 aliphatic rings. The van der Waals surface area contributed by atoms with Crippen molar-refractivity contribution in [2.75, 3.05) is 0 Å². The van der Waals surface area contributed by atoms with E-state index >= 15 is 0 Å². The summed E-state index contributed by atoms with van der Waals surface area (Å²) in [6, 6.07) is 3.49. The molecule has 0 radical (unpaired) electrons. The average molecular weight is 199 g/mol. The minimum absolute atomic E-state index is 0.275. The summed E-state index contributed by atoms with van der Waals surface area (Å²) in [4.78, 5) is 0. The Labute approximate surface area is 80.9 Å². The van der Waals surface area contributed by atoms with Gasteiger partial charge in [-0.1, -0.05) is 17.5 Å². The van der Waals surface area contributed by atoms with Crippen LogP contribution in [0.1, 0.15) is 11.6 Å². The van der Waals surface area contributed by atoms with Crippen molar-refractivity contribution in [2.45, 2.75) is 6.04 Å². The fourth-order valence-corrected chi connectivity index (χ4v) is 1.14. The summed E-state index contributed by atoms with van der Waals surface area (Å²) in [6.07, 6.45) is 5.13. The fraction of sp³-hybridized carbons (Fsp3) is 0.111. The van der Waals surface area contributed by atoms with Gasteiger partial charge in [-0.05, 0) is 18.2 Å². The number of terminal acetylenes is 1. The molecular weight excluding hydrogens is 191 g/mol. The van der Waals surface area contributed by atoms with Crippen LogP contribution < -0.4 is 11.3 Å². The second-order valence-electron chi connectivity index (χ2n) is 2.43. The first kappa shape index (κ1) is 10.0. The maximum absolute atomic E-state index is 13.1. The van der Waals surface area contributed by atoms with Crippen molar-refractivity contribution >= 4 is 11.6 Å². The fourth-order valence-electron chi connectivity index (χ4n) is 0.964. The van der Waals surface area contributed by atoms with Crippen LogP contribution in [0.25, 0.3) is 0 Å². The summed E-state index contributed by atoms with van der Waals surface area (Å²) in [5.41, 5.74) is 2.58. The molecule has 68 valence electrons. The lowest BCUT2D eigenvalue weighted by Gasteiger charge is -2.10. The van der Waals surface area contributed by atoms with Crippen molar-refractivity contribution in [2.24, 2.45) is 5.84 Å². The lowest BCUT2D eigenvalue weighted by Crippen LogP contribution is -2.27. The van der Waals surface area contributed by atoms with E-state index in [1.807, 2.05) is 0 Å². The minimum atomic E-state index is -0.654. The van der Waals surface area contributed by atoms with Crippen LogP contribution >= 0.6 is 11.6 Å². The molecule has 0 aliphatic carbocycles. The minimum Gasteiger partial charge on any atom is -0.270 e. The molecule has 3 N–H and O–H groups in total. The first-order chi connectivity index (χ1) is 6.19. The number of hydrazine groups is 1. The highest BCUT2D eigenvalue weighted by molar-refractivity contribution is 6.30. The number of hydrogen-bond acceptors (Lipinski definition) is 2. The first-order valence-corrected chi connectivity index (χ1v) is 3.94. The van der Waals surface area contributed by atoms with Crippen molar-refractivity contribution in [3.8, 4) is 12.3 Å². The molecule has 0 aliphatic heterocycles. The molecule has 0 fully saturated rings. The Balaban J connectivity index is 3.13. The van der Waals surface area contributed by atoms with E-state index in [0.29, 0.717) is 5.02 Å². The third-order valence-electron chi connectivity index (χ3n) is 1.60. The van der Waals surface area contributed by atoms with Gasteiger partial charge in [-0.3, -0.25) is 5.84 Å². The molecule has 0 amide bonds. The smallest absolute Gasteiger partial charge is 0.129 e. The highest BCUT2D eigenvalue weighted by atomic mass is 35.5. The Morgan fingerprint density at radius 2 is 2.31 bits per heavy atom. The summed E-state index contributed by atoms with van der Waals surface area (Å²) in [5.74, 6) is 7.01. The van der Waals surface area contributed by atoms with Crippen molar-refractivity contribution in [1.29, 1.82) is 0 Å². The standard InChI is InChI=1S/C9H8ClFN2/c1-2-9(13-12)7-5-6(10)3-4-8(7)11/h1,3-5,9,13H,12H2. The molecule has 4 heteroatoms. The molecule has 0 saturated heterocycles. The van der Waals surface area contributed by atoms with Gasteiger partial charge in [0.05, 0.1) is 0 Å². The molecule has 0 heterocycles. The summed E-state index contributed by atoms with van der Waals surface area (Å²) in [7, 11) is 0. The monoisotopic (exact) mass is 198 g/mol. The van der Waals surface area contributed by atoms with Crippen molar-refractivity contribution < 1.29 is 4.39 Å². The molecule has 1 aromatic carbocycles. The van der Waals surface area contributed by atoms with Gasteiger partial charge >= 0.3 is 0 Å². The van der Waals surface area contributed by atoms with Gasteiger partial charge in [0.1, 0.15) is 11.9 Å². The van der Waals surface area contributed by atoms with Gasteiger partial charge in [-0.2, -0.15) is 0 Å². The van der Waals surface area contributed by atoms with Gasteiger partial charge in [0.25, 0.3) is 0 Å². The third kappa shape index (κ3) is 2.19.